The van der Waals surface area contributed by atoms with E-state index in [1.54, 1.807) is 42.5 Å². The number of carbonyl (C=O) groups excluding carboxylic acids is 1. The van der Waals surface area contributed by atoms with E-state index in [0.717, 1.165) is 39.2 Å². The second-order valence-corrected chi connectivity index (χ2v) is 11.3. The van der Waals surface area contributed by atoms with Crippen molar-refractivity contribution in [1.82, 2.24) is 5.32 Å². The highest BCUT2D eigenvalue weighted by Crippen LogP contribution is 2.28. The molecular weight excluding hydrogens is 500 g/mol. The molecule has 0 heterocycles. The number of aryl methyl sites for hydroxylation is 3. The fourth-order valence-electron chi connectivity index (χ4n) is 4.15. The van der Waals surface area contributed by atoms with Gasteiger partial charge >= 0.3 is 0 Å². The molecule has 1 unspecified atom stereocenters. The molecule has 7 heteroatoms. The van der Waals surface area contributed by atoms with Crippen molar-refractivity contribution in [2.24, 2.45) is 0 Å². The third-order valence-corrected chi connectivity index (χ3v) is 8.27. The van der Waals surface area contributed by atoms with E-state index in [-0.39, 0.29) is 23.4 Å². The van der Waals surface area contributed by atoms with Gasteiger partial charge in [0.1, 0.15) is 6.54 Å². The summed E-state index contributed by atoms with van der Waals surface area (Å²) in [7, 11) is -3.94. The normalized spacial score (nSPS) is 13.9. The summed E-state index contributed by atoms with van der Waals surface area (Å²) in [5, 5.41) is 2.98. The first kappa shape index (κ1) is 23.5. The van der Waals surface area contributed by atoms with Gasteiger partial charge in [-0.15, -0.1) is 0 Å². The molecule has 0 saturated carbocycles. The summed E-state index contributed by atoms with van der Waals surface area (Å²) in [6.45, 7) is 3.50. The Morgan fingerprint density at radius 1 is 1.03 bits per heavy atom. The number of benzene rings is 3. The van der Waals surface area contributed by atoms with Gasteiger partial charge < -0.3 is 5.32 Å². The van der Waals surface area contributed by atoms with Crippen molar-refractivity contribution in [1.29, 1.82) is 0 Å². The molecule has 1 aliphatic rings. The van der Waals surface area contributed by atoms with Crippen molar-refractivity contribution >= 4 is 37.5 Å². The molecule has 4 rings (SSSR count). The summed E-state index contributed by atoms with van der Waals surface area (Å²) >= 11 is 3.40. The molecule has 1 N–H and O–H groups in total. The molecule has 0 bridgehead atoms. The highest BCUT2D eigenvalue weighted by molar-refractivity contribution is 9.10. The van der Waals surface area contributed by atoms with Gasteiger partial charge in [0.2, 0.25) is 5.91 Å². The van der Waals surface area contributed by atoms with Crippen LogP contribution in [0, 0.1) is 6.92 Å². The number of rotatable bonds is 7. The highest BCUT2D eigenvalue weighted by Gasteiger charge is 2.28. The van der Waals surface area contributed by atoms with Crippen LogP contribution in [-0.4, -0.2) is 20.9 Å². The molecule has 3 aromatic rings. The van der Waals surface area contributed by atoms with Gasteiger partial charge in [-0.1, -0.05) is 57.9 Å². The first-order chi connectivity index (χ1) is 15.7. The first-order valence-electron chi connectivity index (χ1n) is 11.0. The van der Waals surface area contributed by atoms with E-state index in [9.17, 15) is 13.2 Å². The third kappa shape index (κ3) is 5.31. The Morgan fingerprint density at radius 3 is 2.48 bits per heavy atom. The largest absolute Gasteiger partial charge is 0.348 e. The Kier molecular flexibility index (Phi) is 6.91. The van der Waals surface area contributed by atoms with E-state index < -0.39 is 10.0 Å². The fourth-order valence-corrected chi connectivity index (χ4v) is 5.95. The zero-order chi connectivity index (χ0) is 23.6. The number of fused-ring (bicyclic) bond motifs is 1. The van der Waals surface area contributed by atoms with Gasteiger partial charge in [0.15, 0.2) is 0 Å². The lowest BCUT2D eigenvalue weighted by molar-refractivity contribution is -0.120. The topological polar surface area (TPSA) is 66.5 Å². The SMILES string of the molecule is Cc1ccc(S(=O)(=O)N(CC(=O)NC(C)c2ccc3c(c2)CCC3)c2cccc(Br)c2)cc1. The molecular formula is C26H27BrN2O3S. The van der Waals surface area contributed by atoms with Gasteiger partial charge in [-0.3, -0.25) is 9.10 Å². The zero-order valence-corrected chi connectivity index (χ0v) is 21.1. The Balaban J connectivity index is 1.58. The maximum absolute atomic E-state index is 13.5. The minimum atomic E-state index is -3.94. The predicted octanol–water partition coefficient (Wildman–Crippen LogP) is 5.32. The Bertz CT molecular complexity index is 1270. The lowest BCUT2D eigenvalue weighted by Gasteiger charge is -2.25. The number of nitrogens with zero attached hydrogens (tertiary/aromatic N) is 1. The summed E-state index contributed by atoms with van der Waals surface area (Å²) in [4.78, 5) is 13.2. The number of sulfonamides is 1. The molecule has 3 aromatic carbocycles. The quantitative estimate of drug-likeness (QED) is 0.453. The Labute approximate surface area is 204 Å². The van der Waals surface area contributed by atoms with Gasteiger partial charge in [-0.05, 0) is 80.1 Å². The number of carbonyl (C=O) groups is 1. The summed E-state index contributed by atoms with van der Waals surface area (Å²) in [6.07, 6.45) is 3.34. The van der Waals surface area contributed by atoms with Crippen molar-refractivity contribution < 1.29 is 13.2 Å². The minimum Gasteiger partial charge on any atom is -0.348 e. The van der Waals surface area contributed by atoms with E-state index in [1.165, 1.54) is 11.1 Å². The van der Waals surface area contributed by atoms with Gasteiger partial charge in [-0.2, -0.15) is 0 Å². The van der Waals surface area contributed by atoms with Gasteiger partial charge in [-0.25, -0.2) is 8.42 Å². The maximum atomic E-state index is 13.5. The molecule has 0 aliphatic heterocycles. The Hall–Kier alpha value is -2.64. The minimum absolute atomic E-state index is 0.146. The predicted molar refractivity (Wildman–Crippen MR) is 135 cm³/mol. The van der Waals surface area contributed by atoms with E-state index in [2.05, 4.69) is 33.4 Å². The van der Waals surface area contributed by atoms with Crippen LogP contribution in [0.4, 0.5) is 5.69 Å². The number of nitrogens with one attached hydrogen (secondary N) is 1. The summed E-state index contributed by atoms with van der Waals surface area (Å²) in [5.74, 6) is -0.362. The fraction of sp³-hybridized carbons (Fsp3) is 0.269. The molecule has 1 atom stereocenters. The van der Waals surface area contributed by atoms with Crippen LogP contribution in [0.5, 0.6) is 0 Å². The van der Waals surface area contributed by atoms with E-state index in [4.69, 9.17) is 0 Å². The van der Waals surface area contributed by atoms with Crippen molar-refractivity contribution in [3.05, 3.63) is 93.5 Å². The first-order valence-corrected chi connectivity index (χ1v) is 13.2. The number of amides is 1. The van der Waals surface area contributed by atoms with Crippen LogP contribution in [0.15, 0.2) is 76.1 Å². The lowest BCUT2D eigenvalue weighted by atomic mass is 10.0. The monoisotopic (exact) mass is 526 g/mol. The highest BCUT2D eigenvalue weighted by atomic mass is 79.9. The second-order valence-electron chi connectivity index (χ2n) is 8.48. The van der Waals surface area contributed by atoms with E-state index >= 15 is 0 Å². The van der Waals surface area contributed by atoms with Crippen LogP contribution < -0.4 is 9.62 Å². The molecule has 0 aromatic heterocycles. The molecule has 0 saturated heterocycles. The standard InChI is InChI=1S/C26H27BrN2O3S/c1-18-9-13-25(14-10-18)33(31,32)29(24-8-4-7-23(27)16-24)17-26(30)28-19(2)21-12-11-20-5-3-6-22(20)15-21/h4,7-16,19H,3,5-6,17H2,1-2H3,(H,28,30). The molecule has 1 aliphatic carbocycles. The zero-order valence-electron chi connectivity index (χ0n) is 18.7. The van der Waals surface area contributed by atoms with Gasteiger partial charge in [0, 0.05) is 4.47 Å². The molecule has 1 amide bonds. The second kappa shape index (κ2) is 9.69. The maximum Gasteiger partial charge on any atom is 0.264 e. The Morgan fingerprint density at radius 2 is 1.76 bits per heavy atom. The average molecular weight is 527 g/mol. The van der Waals surface area contributed by atoms with Crippen molar-refractivity contribution in [3.63, 3.8) is 0 Å². The van der Waals surface area contributed by atoms with E-state index in [1.807, 2.05) is 26.0 Å². The average Bonchev–Trinajstić information content (AvgIpc) is 3.25. The summed E-state index contributed by atoms with van der Waals surface area (Å²) in [5.41, 5.74) is 5.13. The number of halogens is 1. The molecule has 33 heavy (non-hydrogen) atoms. The van der Waals surface area contributed by atoms with Gasteiger partial charge in [0.25, 0.3) is 10.0 Å². The van der Waals surface area contributed by atoms with Crippen molar-refractivity contribution in [3.8, 4) is 0 Å². The molecule has 0 radical (unpaired) electrons. The molecule has 0 fully saturated rings. The van der Waals surface area contributed by atoms with Gasteiger partial charge in [0.05, 0.1) is 16.6 Å². The summed E-state index contributed by atoms with van der Waals surface area (Å²) in [6, 6.07) is 19.7. The molecule has 0 spiro atoms. The van der Waals surface area contributed by atoms with Crippen molar-refractivity contribution in [2.75, 3.05) is 10.8 Å². The van der Waals surface area contributed by atoms with Crippen LogP contribution in [0.2, 0.25) is 0 Å². The number of hydrogen-bond acceptors (Lipinski definition) is 3. The van der Waals surface area contributed by atoms with Crippen LogP contribution in [0.25, 0.3) is 0 Å². The third-order valence-electron chi connectivity index (χ3n) is 5.99. The van der Waals surface area contributed by atoms with Crippen LogP contribution in [0.3, 0.4) is 0 Å². The number of hydrogen-bond donors (Lipinski definition) is 1. The van der Waals surface area contributed by atoms with Crippen LogP contribution in [0.1, 0.15) is 41.6 Å². The lowest BCUT2D eigenvalue weighted by Crippen LogP contribution is -2.41. The summed E-state index contributed by atoms with van der Waals surface area (Å²) < 4.78 is 28.9. The molecule has 172 valence electrons. The smallest absolute Gasteiger partial charge is 0.264 e. The molecule has 5 nitrogen and oxygen atoms in total. The van der Waals surface area contributed by atoms with E-state index in [0.29, 0.717) is 5.69 Å². The van der Waals surface area contributed by atoms with Crippen molar-refractivity contribution in [2.45, 2.75) is 44.0 Å². The van der Waals surface area contributed by atoms with Crippen LogP contribution in [-0.2, 0) is 27.7 Å². The number of anilines is 1. The van der Waals surface area contributed by atoms with Crippen LogP contribution >= 0.6 is 15.9 Å².